The minimum absolute atomic E-state index is 0.0361. The van der Waals surface area contributed by atoms with Crippen molar-refractivity contribution < 1.29 is 9.59 Å². The first-order valence-corrected chi connectivity index (χ1v) is 9.93. The summed E-state index contributed by atoms with van der Waals surface area (Å²) in [5.74, 6) is 0.344. The van der Waals surface area contributed by atoms with Gasteiger partial charge in [0, 0.05) is 38.6 Å². The summed E-state index contributed by atoms with van der Waals surface area (Å²) in [6, 6.07) is 8.71. The number of rotatable bonds is 3. The number of hydrogen-bond donors (Lipinski definition) is 1. The van der Waals surface area contributed by atoms with Gasteiger partial charge >= 0.3 is 6.03 Å². The number of likely N-dealkylation sites (tertiary alicyclic amines) is 2. The van der Waals surface area contributed by atoms with Crippen molar-refractivity contribution in [1.82, 2.24) is 15.1 Å². The van der Waals surface area contributed by atoms with E-state index in [1.807, 2.05) is 17.0 Å². The van der Waals surface area contributed by atoms with Gasteiger partial charge in [0.15, 0.2) is 0 Å². The Morgan fingerprint density at radius 3 is 2.62 bits per heavy atom. The topological polar surface area (TPSA) is 52.7 Å². The number of hydrogen-bond acceptors (Lipinski definition) is 2. The fourth-order valence-corrected chi connectivity index (χ4v) is 4.45. The molecule has 0 atom stereocenters. The molecule has 0 bridgehead atoms. The molecule has 1 aliphatic carbocycles. The number of benzene rings is 1. The molecular formula is C21H29N3O2. The molecule has 26 heavy (non-hydrogen) atoms. The highest BCUT2D eigenvalue weighted by molar-refractivity contribution is 5.78. The van der Waals surface area contributed by atoms with Crippen LogP contribution in [0.2, 0.25) is 0 Å². The van der Waals surface area contributed by atoms with E-state index in [0.717, 1.165) is 38.9 Å². The molecular weight excluding hydrogens is 326 g/mol. The Morgan fingerprint density at radius 1 is 1.19 bits per heavy atom. The molecule has 5 heteroatoms. The SMILES string of the molecule is Cc1ccccc1CNC(=O)N1CCC2(CCC(=O)N(C3CC3)C2)CC1. The summed E-state index contributed by atoms with van der Waals surface area (Å²) in [7, 11) is 0. The summed E-state index contributed by atoms with van der Waals surface area (Å²) in [5.41, 5.74) is 2.61. The predicted octanol–water partition coefficient (Wildman–Crippen LogP) is 3.07. The van der Waals surface area contributed by atoms with Crippen molar-refractivity contribution in [2.75, 3.05) is 19.6 Å². The maximum absolute atomic E-state index is 12.5. The molecule has 2 saturated heterocycles. The lowest BCUT2D eigenvalue weighted by molar-refractivity contribution is -0.139. The Hall–Kier alpha value is -2.04. The predicted molar refractivity (Wildman–Crippen MR) is 101 cm³/mol. The van der Waals surface area contributed by atoms with Gasteiger partial charge in [0.1, 0.15) is 0 Å². The number of piperidine rings is 2. The van der Waals surface area contributed by atoms with Crippen molar-refractivity contribution in [3.63, 3.8) is 0 Å². The molecule has 3 amide bonds. The Kier molecular flexibility index (Phi) is 4.63. The Bertz CT molecular complexity index is 690. The van der Waals surface area contributed by atoms with Gasteiger partial charge in [0.05, 0.1) is 0 Å². The summed E-state index contributed by atoms with van der Waals surface area (Å²) in [6.07, 6.45) is 6.07. The molecule has 3 fully saturated rings. The number of carbonyl (C=O) groups excluding carboxylic acids is 2. The first-order valence-electron chi connectivity index (χ1n) is 9.93. The van der Waals surface area contributed by atoms with Crippen molar-refractivity contribution in [3.05, 3.63) is 35.4 Å². The highest BCUT2D eigenvalue weighted by Gasteiger charge is 2.45. The van der Waals surface area contributed by atoms with Crippen molar-refractivity contribution in [3.8, 4) is 0 Å². The van der Waals surface area contributed by atoms with Gasteiger partial charge in [0.2, 0.25) is 5.91 Å². The van der Waals surface area contributed by atoms with Gasteiger partial charge in [-0.25, -0.2) is 4.79 Å². The van der Waals surface area contributed by atoms with E-state index < -0.39 is 0 Å². The monoisotopic (exact) mass is 355 g/mol. The van der Waals surface area contributed by atoms with Gasteiger partial charge < -0.3 is 15.1 Å². The van der Waals surface area contributed by atoms with E-state index in [4.69, 9.17) is 0 Å². The van der Waals surface area contributed by atoms with Gasteiger partial charge in [0.25, 0.3) is 0 Å². The van der Waals surface area contributed by atoms with E-state index in [2.05, 4.69) is 29.3 Å². The van der Waals surface area contributed by atoms with Crippen LogP contribution < -0.4 is 5.32 Å². The van der Waals surface area contributed by atoms with Crippen LogP contribution in [0, 0.1) is 12.3 Å². The third-order valence-electron chi connectivity index (χ3n) is 6.49. The summed E-state index contributed by atoms with van der Waals surface area (Å²) < 4.78 is 0. The molecule has 0 aromatic heterocycles. The van der Waals surface area contributed by atoms with Crippen molar-refractivity contribution in [1.29, 1.82) is 0 Å². The molecule has 1 N–H and O–H groups in total. The molecule has 0 unspecified atom stereocenters. The summed E-state index contributed by atoms with van der Waals surface area (Å²) >= 11 is 0. The average Bonchev–Trinajstić information content (AvgIpc) is 3.49. The zero-order valence-corrected chi connectivity index (χ0v) is 15.7. The van der Waals surface area contributed by atoms with Crippen molar-refractivity contribution >= 4 is 11.9 Å². The van der Waals surface area contributed by atoms with E-state index in [-0.39, 0.29) is 11.4 Å². The minimum atomic E-state index is 0.0361. The lowest BCUT2D eigenvalue weighted by atomic mass is 9.72. The van der Waals surface area contributed by atoms with E-state index in [0.29, 0.717) is 24.9 Å². The maximum atomic E-state index is 12.5. The number of nitrogens with one attached hydrogen (secondary N) is 1. The Morgan fingerprint density at radius 2 is 1.92 bits per heavy atom. The Labute approximate surface area is 155 Å². The molecule has 2 aliphatic heterocycles. The number of amides is 3. The molecule has 4 rings (SSSR count). The third kappa shape index (κ3) is 3.57. The van der Waals surface area contributed by atoms with E-state index in [1.54, 1.807) is 0 Å². The van der Waals surface area contributed by atoms with Gasteiger partial charge in [-0.3, -0.25) is 4.79 Å². The average molecular weight is 355 g/mol. The molecule has 1 aromatic rings. The van der Waals surface area contributed by atoms with Crippen LogP contribution in [0.3, 0.4) is 0 Å². The number of urea groups is 1. The molecule has 2 heterocycles. The fourth-order valence-electron chi connectivity index (χ4n) is 4.45. The first-order chi connectivity index (χ1) is 12.6. The summed E-state index contributed by atoms with van der Waals surface area (Å²) in [5, 5.41) is 3.07. The first kappa shape index (κ1) is 17.4. The molecule has 3 aliphatic rings. The van der Waals surface area contributed by atoms with Crippen LogP contribution >= 0.6 is 0 Å². The Balaban J connectivity index is 1.29. The number of nitrogens with zero attached hydrogens (tertiary/aromatic N) is 2. The van der Waals surface area contributed by atoms with Gasteiger partial charge in [-0.1, -0.05) is 24.3 Å². The van der Waals surface area contributed by atoms with E-state index >= 15 is 0 Å². The standard InChI is InChI=1S/C21H29N3O2/c1-16-4-2-3-5-17(16)14-22-20(26)23-12-10-21(11-13-23)9-8-19(25)24(15-21)18-6-7-18/h2-5,18H,6-15H2,1H3,(H,22,26). The van der Waals surface area contributed by atoms with Crippen LogP contribution in [0.4, 0.5) is 4.79 Å². The second-order valence-corrected chi connectivity index (χ2v) is 8.33. The molecule has 1 aromatic carbocycles. The second kappa shape index (κ2) is 6.93. The third-order valence-corrected chi connectivity index (χ3v) is 6.49. The van der Waals surface area contributed by atoms with Gasteiger partial charge in [-0.05, 0) is 55.6 Å². The van der Waals surface area contributed by atoms with Crippen molar-refractivity contribution in [2.24, 2.45) is 5.41 Å². The highest BCUT2D eigenvalue weighted by atomic mass is 16.2. The lowest BCUT2D eigenvalue weighted by Crippen LogP contribution is -2.54. The van der Waals surface area contributed by atoms with Gasteiger partial charge in [-0.15, -0.1) is 0 Å². The van der Waals surface area contributed by atoms with Crippen LogP contribution in [-0.2, 0) is 11.3 Å². The van der Waals surface area contributed by atoms with E-state index in [9.17, 15) is 9.59 Å². The van der Waals surface area contributed by atoms with Crippen LogP contribution in [0.5, 0.6) is 0 Å². The molecule has 1 saturated carbocycles. The lowest BCUT2D eigenvalue weighted by Gasteiger charge is -2.47. The molecule has 0 radical (unpaired) electrons. The molecule has 140 valence electrons. The summed E-state index contributed by atoms with van der Waals surface area (Å²) in [6.45, 7) is 5.16. The van der Waals surface area contributed by atoms with Gasteiger partial charge in [-0.2, -0.15) is 0 Å². The zero-order chi connectivity index (χ0) is 18.1. The van der Waals surface area contributed by atoms with Crippen molar-refractivity contribution in [2.45, 2.75) is 58.0 Å². The minimum Gasteiger partial charge on any atom is -0.339 e. The van der Waals surface area contributed by atoms with Crippen LogP contribution in [0.15, 0.2) is 24.3 Å². The van der Waals surface area contributed by atoms with Crippen LogP contribution in [0.25, 0.3) is 0 Å². The molecule has 1 spiro atoms. The zero-order valence-electron chi connectivity index (χ0n) is 15.7. The largest absolute Gasteiger partial charge is 0.339 e. The quantitative estimate of drug-likeness (QED) is 0.906. The number of carbonyl (C=O) groups is 2. The number of aryl methyl sites for hydroxylation is 1. The van der Waals surface area contributed by atoms with Crippen LogP contribution in [-0.4, -0.2) is 47.4 Å². The second-order valence-electron chi connectivity index (χ2n) is 8.33. The normalized spacial score (nSPS) is 22.6. The fraction of sp³-hybridized carbons (Fsp3) is 0.619. The smallest absolute Gasteiger partial charge is 0.317 e. The maximum Gasteiger partial charge on any atom is 0.317 e. The van der Waals surface area contributed by atoms with Crippen LogP contribution in [0.1, 0.15) is 49.7 Å². The van der Waals surface area contributed by atoms with E-state index in [1.165, 1.54) is 24.0 Å². The summed E-state index contributed by atoms with van der Waals surface area (Å²) in [4.78, 5) is 28.8. The molecule has 5 nitrogen and oxygen atoms in total. The highest BCUT2D eigenvalue weighted by Crippen LogP contribution is 2.43.